The Morgan fingerprint density at radius 1 is 1.19 bits per heavy atom. The number of nitrogens with zero attached hydrogens (tertiary/aromatic N) is 4. The summed E-state index contributed by atoms with van der Waals surface area (Å²) in [6, 6.07) is 11.6. The molecule has 106 valence electrons. The third-order valence-corrected chi connectivity index (χ3v) is 3.31. The molecule has 0 saturated heterocycles. The van der Waals surface area contributed by atoms with Crippen LogP contribution in [0.5, 0.6) is 0 Å². The highest BCUT2D eigenvalue weighted by atomic mass is 35.5. The number of hydrogen-bond donors (Lipinski definition) is 0. The van der Waals surface area contributed by atoms with Crippen LogP contribution in [0.4, 0.5) is 0 Å². The number of aromatic nitrogens is 4. The van der Waals surface area contributed by atoms with Crippen LogP contribution in [0.1, 0.15) is 5.69 Å². The molecule has 5 nitrogen and oxygen atoms in total. The Hall–Kier alpha value is -2.40. The lowest BCUT2D eigenvalue weighted by Crippen LogP contribution is -2.24. The quantitative estimate of drug-likeness (QED) is 0.731. The van der Waals surface area contributed by atoms with Crippen molar-refractivity contribution in [2.24, 2.45) is 7.05 Å². The Morgan fingerprint density at radius 2 is 1.90 bits per heavy atom. The van der Waals surface area contributed by atoms with E-state index >= 15 is 0 Å². The van der Waals surface area contributed by atoms with Crippen molar-refractivity contribution in [3.8, 4) is 17.1 Å². The molecule has 0 aliphatic heterocycles. The zero-order valence-corrected chi connectivity index (χ0v) is 12.4. The van der Waals surface area contributed by atoms with E-state index in [1.54, 1.807) is 11.7 Å². The van der Waals surface area contributed by atoms with Gasteiger partial charge in [-0.2, -0.15) is 5.10 Å². The zero-order valence-electron chi connectivity index (χ0n) is 11.6. The highest BCUT2D eigenvalue weighted by Crippen LogP contribution is 2.22. The molecule has 6 heteroatoms. The zero-order chi connectivity index (χ0) is 15.0. The van der Waals surface area contributed by atoms with Crippen molar-refractivity contribution < 1.29 is 0 Å². The molecular formula is C15H13ClN4O. The Labute approximate surface area is 126 Å². The molecule has 0 N–H and O–H groups in total. The van der Waals surface area contributed by atoms with Gasteiger partial charge in [-0.05, 0) is 13.0 Å². The smallest absolute Gasteiger partial charge is 0.295 e. The van der Waals surface area contributed by atoms with Crippen LogP contribution in [0.2, 0.25) is 5.15 Å². The van der Waals surface area contributed by atoms with Crippen LogP contribution in [-0.2, 0) is 7.05 Å². The van der Waals surface area contributed by atoms with Gasteiger partial charge in [0.2, 0.25) is 5.82 Å². The number of hydrogen-bond acceptors (Lipinski definition) is 3. The minimum atomic E-state index is -0.250. The van der Waals surface area contributed by atoms with Gasteiger partial charge in [0.1, 0.15) is 5.15 Å². The van der Waals surface area contributed by atoms with E-state index in [4.69, 9.17) is 11.6 Å². The minimum absolute atomic E-state index is 0.192. The van der Waals surface area contributed by atoms with Gasteiger partial charge in [-0.25, -0.2) is 9.67 Å². The molecule has 0 aliphatic rings. The molecule has 0 amide bonds. The lowest BCUT2D eigenvalue weighted by atomic mass is 10.1. The fourth-order valence-electron chi connectivity index (χ4n) is 2.17. The van der Waals surface area contributed by atoms with E-state index in [1.165, 1.54) is 10.8 Å². The first-order chi connectivity index (χ1) is 10.1. The van der Waals surface area contributed by atoms with E-state index in [-0.39, 0.29) is 16.5 Å². The maximum Gasteiger partial charge on any atom is 0.295 e. The van der Waals surface area contributed by atoms with Gasteiger partial charge in [-0.1, -0.05) is 41.9 Å². The van der Waals surface area contributed by atoms with Crippen LogP contribution >= 0.6 is 11.6 Å². The second kappa shape index (κ2) is 5.18. The van der Waals surface area contributed by atoms with Crippen molar-refractivity contribution >= 4 is 11.6 Å². The van der Waals surface area contributed by atoms with Gasteiger partial charge in [-0.15, -0.1) is 0 Å². The molecule has 0 aliphatic carbocycles. The second-order valence-electron chi connectivity index (χ2n) is 4.75. The summed E-state index contributed by atoms with van der Waals surface area (Å²) < 4.78 is 2.94. The van der Waals surface area contributed by atoms with Crippen molar-refractivity contribution in [3.05, 3.63) is 63.8 Å². The van der Waals surface area contributed by atoms with Gasteiger partial charge in [0.15, 0.2) is 0 Å². The van der Waals surface area contributed by atoms with Crippen LogP contribution in [0.3, 0.4) is 0 Å². The largest absolute Gasteiger partial charge is 0.312 e. The van der Waals surface area contributed by atoms with Gasteiger partial charge < -0.3 is 4.57 Å². The molecule has 0 radical (unpaired) electrons. The minimum Gasteiger partial charge on any atom is -0.312 e. The number of benzene rings is 1. The van der Waals surface area contributed by atoms with Crippen LogP contribution < -0.4 is 5.56 Å². The van der Waals surface area contributed by atoms with Gasteiger partial charge in [0.05, 0.1) is 11.4 Å². The molecule has 1 aromatic carbocycles. The first-order valence-corrected chi connectivity index (χ1v) is 6.79. The summed E-state index contributed by atoms with van der Waals surface area (Å²) in [5.41, 5.74) is 2.32. The molecule has 0 saturated carbocycles. The number of halogens is 1. The summed E-state index contributed by atoms with van der Waals surface area (Å²) in [6.45, 7) is 1.87. The second-order valence-corrected chi connectivity index (χ2v) is 5.14. The molecule has 2 aromatic heterocycles. The fraction of sp³-hybridized carbons (Fsp3) is 0.133. The molecule has 0 unspecified atom stereocenters. The molecule has 3 rings (SSSR count). The van der Waals surface area contributed by atoms with Crippen molar-refractivity contribution in [3.63, 3.8) is 0 Å². The molecule has 0 spiro atoms. The third-order valence-electron chi connectivity index (χ3n) is 3.13. The first-order valence-electron chi connectivity index (χ1n) is 6.42. The molecule has 2 heterocycles. The highest BCUT2D eigenvalue weighted by Gasteiger charge is 2.15. The normalized spacial score (nSPS) is 10.8. The average Bonchev–Trinajstić information content (AvgIpc) is 2.85. The predicted octanol–water partition coefficient (Wildman–Crippen LogP) is 2.59. The van der Waals surface area contributed by atoms with Gasteiger partial charge in [0.25, 0.3) is 5.56 Å². The van der Waals surface area contributed by atoms with Crippen molar-refractivity contribution in [1.82, 2.24) is 19.3 Å². The topological polar surface area (TPSA) is 52.7 Å². The Bertz CT molecular complexity index is 852. The van der Waals surface area contributed by atoms with E-state index in [0.29, 0.717) is 0 Å². The summed E-state index contributed by atoms with van der Waals surface area (Å²) in [6.07, 6.45) is 1.48. The van der Waals surface area contributed by atoms with E-state index < -0.39 is 0 Å². The Kier molecular flexibility index (Phi) is 3.35. The molecular weight excluding hydrogens is 288 g/mol. The van der Waals surface area contributed by atoms with Crippen LogP contribution in [0.15, 0.2) is 47.4 Å². The monoisotopic (exact) mass is 300 g/mol. The Morgan fingerprint density at radius 3 is 2.62 bits per heavy atom. The standard InChI is InChI=1S/C15H13ClN4O/c1-10-8-12(11-6-4-3-5-7-11)20(18-10)14-15(21)19(2)9-13(16)17-14/h3-9H,1-2H3. The van der Waals surface area contributed by atoms with Crippen molar-refractivity contribution in [1.29, 1.82) is 0 Å². The van der Waals surface area contributed by atoms with E-state index in [0.717, 1.165) is 17.0 Å². The lowest BCUT2D eigenvalue weighted by Gasteiger charge is -2.08. The first kappa shape index (κ1) is 13.6. The maximum atomic E-state index is 12.3. The molecule has 0 fully saturated rings. The molecule has 21 heavy (non-hydrogen) atoms. The third kappa shape index (κ3) is 2.48. The summed E-state index contributed by atoms with van der Waals surface area (Å²) in [5, 5.41) is 4.63. The van der Waals surface area contributed by atoms with E-state index in [1.807, 2.05) is 43.3 Å². The molecule has 0 bridgehead atoms. The van der Waals surface area contributed by atoms with Gasteiger partial charge >= 0.3 is 0 Å². The molecule has 3 aromatic rings. The Balaban J connectivity index is 2.28. The predicted molar refractivity (Wildman–Crippen MR) is 81.8 cm³/mol. The van der Waals surface area contributed by atoms with Crippen molar-refractivity contribution in [2.75, 3.05) is 0 Å². The van der Waals surface area contributed by atoms with Gasteiger partial charge in [-0.3, -0.25) is 4.79 Å². The van der Waals surface area contributed by atoms with Crippen LogP contribution in [-0.4, -0.2) is 19.3 Å². The lowest BCUT2D eigenvalue weighted by molar-refractivity contribution is 0.765. The number of aryl methyl sites for hydroxylation is 2. The summed E-state index contributed by atoms with van der Waals surface area (Å²) in [4.78, 5) is 16.4. The highest BCUT2D eigenvalue weighted by molar-refractivity contribution is 6.29. The average molecular weight is 301 g/mol. The molecule has 0 atom stereocenters. The summed E-state index contributed by atoms with van der Waals surface area (Å²) in [5.74, 6) is 0.192. The fourth-order valence-corrected chi connectivity index (χ4v) is 2.39. The SMILES string of the molecule is Cc1cc(-c2ccccc2)n(-c2nc(Cl)cn(C)c2=O)n1. The van der Waals surface area contributed by atoms with E-state index in [2.05, 4.69) is 10.1 Å². The van der Waals surface area contributed by atoms with Gasteiger partial charge in [0, 0.05) is 18.8 Å². The van der Waals surface area contributed by atoms with Crippen LogP contribution in [0, 0.1) is 6.92 Å². The van der Waals surface area contributed by atoms with Crippen molar-refractivity contribution in [2.45, 2.75) is 6.92 Å². The number of rotatable bonds is 2. The summed E-state index contributed by atoms with van der Waals surface area (Å²) in [7, 11) is 1.64. The van der Waals surface area contributed by atoms with E-state index in [9.17, 15) is 4.79 Å². The summed E-state index contributed by atoms with van der Waals surface area (Å²) >= 11 is 5.97. The maximum absolute atomic E-state index is 12.3. The van der Waals surface area contributed by atoms with Crippen LogP contribution in [0.25, 0.3) is 17.1 Å².